The summed E-state index contributed by atoms with van der Waals surface area (Å²) in [6.45, 7) is 6.07. The van der Waals surface area contributed by atoms with E-state index in [1.165, 1.54) is 0 Å². The van der Waals surface area contributed by atoms with Gasteiger partial charge in [-0.25, -0.2) is 4.98 Å². The fraction of sp³-hybridized carbons (Fsp3) is 0.316. The lowest BCUT2D eigenvalue weighted by atomic mass is 10.0. The van der Waals surface area contributed by atoms with Crippen LogP contribution in [0.1, 0.15) is 27.9 Å². The molecule has 3 aromatic rings. The molecule has 0 saturated heterocycles. The predicted molar refractivity (Wildman–Crippen MR) is 103 cm³/mol. The van der Waals surface area contributed by atoms with Crippen LogP contribution in [-0.2, 0) is 24.8 Å². The molecule has 0 radical (unpaired) electrons. The molecule has 0 unspecified atom stereocenters. The first kappa shape index (κ1) is 18.2. The molecule has 2 heterocycles. The number of nitrogens with zero attached hydrogens (tertiary/aromatic N) is 2. The zero-order chi connectivity index (χ0) is 19.0. The van der Waals surface area contributed by atoms with E-state index in [0.717, 1.165) is 27.9 Å². The van der Waals surface area contributed by atoms with Crippen LogP contribution in [0, 0.1) is 20.8 Å². The Hall–Kier alpha value is -2.60. The summed E-state index contributed by atoms with van der Waals surface area (Å²) >= 11 is 6.02. The average molecular weight is 373 g/mol. The number of fused-ring (bicyclic) bond motifs is 1. The first-order chi connectivity index (χ1) is 12.3. The molecule has 0 aliphatic rings. The van der Waals surface area contributed by atoms with Crippen molar-refractivity contribution in [3.63, 3.8) is 0 Å². The Morgan fingerprint density at radius 2 is 2.04 bits per heavy atom. The van der Waals surface area contributed by atoms with Gasteiger partial charge in [-0.3, -0.25) is 19.4 Å². The SMILES string of the molecule is Cc1cc(CNC(=O)Cc2c(C)nc3c(c2C)c(=O)[nH]n3C)ccc1Cl. The Bertz CT molecular complexity index is 1070. The molecule has 2 aromatic heterocycles. The van der Waals surface area contributed by atoms with Crippen molar-refractivity contribution in [2.45, 2.75) is 33.7 Å². The maximum atomic E-state index is 12.4. The van der Waals surface area contributed by atoms with Crippen molar-refractivity contribution in [3.05, 3.63) is 61.5 Å². The van der Waals surface area contributed by atoms with Gasteiger partial charge >= 0.3 is 0 Å². The number of hydrogen-bond donors (Lipinski definition) is 2. The van der Waals surface area contributed by atoms with Crippen LogP contribution in [0.25, 0.3) is 11.0 Å². The van der Waals surface area contributed by atoms with Gasteiger partial charge in [0.2, 0.25) is 5.91 Å². The highest BCUT2D eigenvalue weighted by atomic mass is 35.5. The lowest BCUT2D eigenvalue weighted by molar-refractivity contribution is -0.120. The summed E-state index contributed by atoms with van der Waals surface area (Å²) in [5.74, 6) is -0.114. The number of aromatic nitrogens is 3. The van der Waals surface area contributed by atoms with Crippen molar-refractivity contribution in [1.29, 1.82) is 0 Å². The zero-order valence-electron chi connectivity index (χ0n) is 15.2. The van der Waals surface area contributed by atoms with Gasteiger partial charge in [-0.15, -0.1) is 0 Å². The van der Waals surface area contributed by atoms with E-state index in [-0.39, 0.29) is 17.9 Å². The van der Waals surface area contributed by atoms with E-state index in [0.29, 0.717) is 22.6 Å². The third-order valence-corrected chi connectivity index (χ3v) is 5.05. The molecular formula is C19H21ClN4O2. The fourth-order valence-electron chi connectivity index (χ4n) is 3.15. The summed E-state index contributed by atoms with van der Waals surface area (Å²) in [6.07, 6.45) is 0.182. The smallest absolute Gasteiger partial charge is 0.273 e. The molecule has 0 aliphatic heterocycles. The Morgan fingerprint density at radius 3 is 2.73 bits per heavy atom. The second-order valence-corrected chi connectivity index (χ2v) is 6.94. The van der Waals surface area contributed by atoms with Gasteiger partial charge in [0.25, 0.3) is 5.56 Å². The van der Waals surface area contributed by atoms with E-state index < -0.39 is 0 Å². The molecule has 7 heteroatoms. The van der Waals surface area contributed by atoms with Gasteiger partial charge in [0.05, 0.1) is 11.8 Å². The van der Waals surface area contributed by atoms with Crippen LogP contribution in [0.2, 0.25) is 5.02 Å². The van der Waals surface area contributed by atoms with Crippen LogP contribution in [0.3, 0.4) is 0 Å². The van der Waals surface area contributed by atoms with Crippen molar-refractivity contribution in [1.82, 2.24) is 20.1 Å². The molecule has 0 spiro atoms. The molecule has 1 amide bonds. The topological polar surface area (TPSA) is 79.8 Å². The van der Waals surface area contributed by atoms with Gasteiger partial charge < -0.3 is 5.32 Å². The number of H-pyrrole nitrogens is 1. The first-order valence-corrected chi connectivity index (χ1v) is 8.72. The standard InChI is InChI=1S/C19H21ClN4O2/c1-10-7-13(5-6-15(10)20)9-21-16(25)8-14-11(2)17-18(22-12(14)3)24(4)23-19(17)26/h5-7H,8-9H2,1-4H3,(H,21,25)(H,23,26). The van der Waals surface area contributed by atoms with E-state index >= 15 is 0 Å². The van der Waals surface area contributed by atoms with Crippen molar-refractivity contribution in [3.8, 4) is 0 Å². The zero-order valence-corrected chi connectivity index (χ0v) is 16.0. The number of benzene rings is 1. The van der Waals surface area contributed by atoms with E-state index in [2.05, 4.69) is 15.4 Å². The highest BCUT2D eigenvalue weighted by molar-refractivity contribution is 6.31. The number of aryl methyl sites for hydroxylation is 4. The Kier molecular flexibility index (Phi) is 4.87. The van der Waals surface area contributed by atoms with Crippen molar-refractivity contribution in [2.24, 2.45) is 7.05 Å². The summed E-state index contributed by atoms with van der Waals surface area (Å²) in [5, 5.41) is 6.87. The largest absolute Gasteiger partial charge is 0.352 e. The van der Waals surface area contributed by atoms with Crippen LogP contribution in [0.15, 0.2) is 23.0 Å². The molecule has 0 aliphatic carbocycles. The van der Waals surface area contributed by atoms with Crippen molar-refractivity contribution < 1.29 is 4.79 Å². The van der Waals surface area contributed by atoms with Gasteiger partial charge in [0.1, 0.15) is 0 Å². The van der Waals surface area contributed by atoms with Gasteiger partial charge in [-0.05, 0) is 49.1 Å². The molecular weight excluding hydrogens is 352 g/mol. The summed E-state index contributed by atoms with van der Waals surface area (Å²) in [4.78, 5) is 29.0. The average Bonchev–Trinajstić information content (AvgIpc) is 2.86. The summed E-state index contributed by atoms with van der Waals surface area (Å²) in [7, 11) is 1.75. The predicted octanol–water partition coefficient (Wildman–Crippen LogP) is 2.70. The minimum Gasteiger partial charge on any atom is -0.352 e. The quantitative estimate of drug-likeness (QED) is 0.739. The molecule has 26 heavy (non-hydrogen) atoms. The highest BCUT2D eigenvalue weighted by Crippen LogP contribution is 2.20. The number of rotatable bonds is 4. The number of pyridine rings is 1. The van der Waals surface area contributed by atoms with E-state index in [1.54, 1.807) is 11.7 Å². The first-order valence-electron chi connectivity index (χ1n) is 8.34. The third kappa shape index (κ3) is 3.37. The monoisotopic (exact) mass is 372 g/mol. The van der Waals surface area contributed by atoms with E-state index in [1.807, 2.05) is 39.0 Å². The number of halogens is 1. The number of hydrogen-bond acceptors (Lipinski definition) is 3. The number of amides is 1. The molecule has 3 rings (SSSR count). The summed E-state index contributed by atoms with van der Waals surface area (Å²) in [6, 6.07) is 5.67. The van der Waals surface area contributed by atoms with Crippen molar-refractivity contribution >= 4 is 28.5 Å². The molecule has 1 aromatic carbocycles. The summed E-state index contributed by atoms with van der Waals surface area (Å²) < 4.78 is 1.60. The number of aromatic amines is 1. The number of carbonyl (C=O) groups excluding carboxylic acids is 1. The van der Waals surface area contributed by atoms with Gasteiger partial charge in [0.15, 0.2) is 5.65 Å². The van der Waals surface area contributed by atoms with E-state index in [4.69, 9.17) is 11.6 Å². The molecule has 0 saturated carbocycles. The van der Waals surface area contributed by atoms with Gasteiger partial charge in [-0.1, -0.05) is 23.7 Å². The lowest BCUT2D eigenvalue weighted by Gasteiger charge is -2.11. The normalized spacial score (nSPS) is 11.1. The van der Waals surface area contributed by atoms with Crippen LogP contribution >= 0.6 is 11.6 Å². The maximum absolute atomic E-state index is 12.4. The third-order valence-electron chi connectivity index (χ3n) is 4.63. The molecule has 0 fully saturated rings. The fourth-order valence-corrected chi connectivity index (χ4v) is 3.27. The minimum absolute atomic E-state index is 0.114. The van der Waals surface area contributed by atoms with Gasteiger partial charge in [0, 0.05) is 24.3 Å². The Balaban J connectivity index is 1.80. The molecule has 2 N–H and O–H groups in total. The molecule has 0 bridgehead atoms. The molecule has 6 nitrogen and oxygen atoms in total. The maximum Gasteiger partial charge on any atom is 0.273 e. The second-order valence-electron chi connectivity index (χ2n) is 6.54. The summed E-state index contributed by atoms with van der Waals surface area (Å²) in [5.41, 5.74) is 4.72. The van der Waals surface area contributed by atoms with Crippen molar-refractivity contribution in [2.75, 3.05) is 0 Å². The Morgan fingerprint density at radius 1 is 1.31 bits per heavy atom. The van der Waals surface area contributed by atoms with Crippen LogP contribution in [0.5, 0.6) is 0 Å². The molecule has 136 valence electrons. The number of carbonyl (C=O) groups is 1. The van der Waals surface area contributed by atoms with Crippen LogP contribution in [-0.4, -0.2) is 20.7 Å². The van der Waals surface area contributed by atoms with Crippen LogP contribution < -0.4 is 10.9 Å². The highest BCUT2D eigenvalue weighted by Gasteiger charge is 2.17. The lowest BCUT2D eigenvalue weighted by Crippen LogP contribution is -2.25. The molecule has 0 atom stereocenters. The van der Waals surface area contributed by atoms with E-state index in [9.17, 15) is 9.59 Å². The van der Waals surface area contributed by atoms with Gasteiger partial charge in [-0.2, -0.15) is 0 Å². The second kappa shape index (κ2) is 6.96. The van der Waals surface area contributed by atoms with Crippen LogP contribution in [0.4, 0.5) is 0 Å². The number of nitrogens with one attached hydrogen (secondary N) is 2. The Labute approximate surface area is 156 Å². The minimum atomic E-state index is -0.189.